The number of benzene rings is 2. The summed E-state index contributed by atoms with van der Waals surface area (Å²) in [6, 6.07) is 13.8. The highest BCUT2D eigenvalue weighted by molar-refractivity contribution is 5.71. The molecule has 1 heterocycles. The molecule has 7 nitrogen and oxygen atoms in total. The third-order valence-corrected chi connectivity index (χ3v) is 4.19. The molecule has 3 rings (SSSR count). The number of nitrogens with zero attached hydrogens (tertiary/aromatic N) is 3. The molecule has 7 heteroatoms. The number of hydrogen-bond acceptors (Lipinski definition) is 5. The van der Waals surface area contributed by atoms with Crippen molar-refractivity contribution in [3.8, 4) is 5.75 Å². The first-order chi connectivity index (χ1) is 12.0. The van der Waals surface area contributed by atoms with Gasteiger partial charge in [-0.2, -0.15) is 0 Å². The average molecular weight is 341 g/mol. The Morgan fingerprint density at radius 3 is 2.16 bits per heavy atom. The van der Waals surface area contributed by atoms with Gasteiger partial charge in [-0.3, -0.25) is 10.1 Å². The van der Waals surface area contributed by atoms with Gasteiger partial charge in [-0.25, -0.2) is 4.79 Å². The molecule has 0 N–H and O–H groups in total. The fourth-order valence-corrected chi connectivity index (χ4v) is 2.70. The average Bonchev–Trinajstić information content (AvgIpc) is 2.63. The summed E-state index contributed by atoms with van der Waals surface area (Å²) in [6.45, 7) is 4.66. The number of hydrogen-bond donors (Lipinski definition) is 0. The number of aryl methyl sites for hydroxylation is 1. The molecule has 1 fully saturated rings. The normalized spacial score (nSPS) is 14.3. The number of amides is 1. The number of anilines is 1. The molecule has 1 saturated heterocycles. The monoisotopic (exact) mass is 341 g/mol. The molecule has 0 aromatic heterocycles. The zero-order valence-corrected chi connectivity index (χ0v) is 13.9. The Morgan fingerprint density at radius 2 is 1.60 bits per heavy atom. The van der Waals surface area contributed by atoms with E-state index in [9.17, 15) is 14.9 Å². The van der Waals surface area contributed by atoms with Crippen molar-refractivity contribution in [3.05, 3.63) is 64.2 Å². The van der Waals surface area contributed by atoms with Gasteiger partial charge >= 0.3 is 6.09 Å². The maximum Gasteiger partial charge on any atom is 0.415 e. The summed E-state index contributed by atoms with van der Waals surface area (Å²) in [6.07, 6.45) is -0.433. The highest BCUT2D eigenvalue weighted by Crippen LogP contribution is 2.20. The Bertz CT molecular complexity index is 751. The van der Waals surface area contributed by atoms with E-state index < -0.39 is 11.0 Å². The van der Waals surface area contributed by atoms with Crippen LogP contribution in [-0.2, 0) is 0 Å². The van der Waals surface area contributed by atoms with Crippen molar-refractivity contribution in [2.75, 3.05) is 31.1 Å². The fourth-order valence-electron chi connectivity index (χ4n) is 2.70. The molecule has 2 aromatic rings. The summed E-state index contributed by atoms with van der Waals surface area (Å²) in [5.74, 6) is 0.302. The number of non-ortho nitro benzene ring substituents is 1. The Morgan fingerprint density at radius 1 is 1.00 bits per heavy atom. The summed E-state index contributed by atoms with van der Waals surface area (Å²) < 4.78 is 5.29. The smallest absolute Gasteiger partial charge is 0.410 e. The Balaban J connectivity index is 1.54. The van der Waals surface area contributed by atoms with E-state index in [0.717, 1.165) is 18.8 Å². The fraction of sp³-hybridized carbons (Fsp3) is 0.278. The van der Waals surface area contributed by atoms with E-state index in [1.807, 2.05) is 0 Å². The van der Waals surface area contributed by atoms with E-state index in [1.54, 1.807) is 4.90 Å². The minimum atomic E-state index is -0.490. The third kappa shape index (κ3) is 4.06. The van der Waals surface area contributed by atoms with Crippen LogP contribution in [0.5, 0.6) is 5.75 Å². The van der Waals surface area contributed by atoms with Crippen molar-refractivity contribution < 1.29 is 14.5 Å². The van der Waals surface area contributed by atoms with E-state index in [1.165, 1.54) is 29.8 Å². The van der Waals surface area contributed by atoms with Crippen molar-refractivity contribution >= 4 is 17.5 Å². The van der Waals surface area contributed by atoms with E-state index in [-0.39, 0.29) is 5.69 Å². The van der Waals surface area contributed by atoms with Gasteiger partial charge in [0.2, 0.25) is 0 Å². The molecular formula is C18H19N3O4. The molecule has 1 aliphatic heterocycles. The minimum absolute atomic E-state index is 0.0356. The van der Waals surface area contributed by atoms with Crippen LogP contribution in [0.2, 0.25) is 0 Å². The molecule has 0 atom stereocenters. The van der Waals surface area contributed by atoms with Gasteiger partial charge in [0.25, 0.3) is 5.69 Å². The lowest BCUT2D eigenvalue weighted by molar-refractivity contribution is -0.384. The molecule has 1 amide bonds. The molecule has 0 saturated carbocycles. The second-order valence-corrected chi connectivity index (χ2v) is 5.93. The Hall–Kier alpha value is -3.09. The summed E-state index contributed by atoms with van der Waals surface area (Å²) in [7, 11) is 0. The summed E-state index contributed by atoms with van der Waals surface area (Å²) in [5.41, 5.74) is 2.33. The van der Waals surface area contributed by atoms with Crippen molar-refractivity contribution in [3.63, 3.8) is 0 Å². The lowest BCUT2D eigenvalue weighted by Gasteiger charge is -2.35. The van der Waals surface area contributed by atoms with Gasteiger partial charge in [0.05, 0.1) is 4.92 Å². The van der Waals surface area contributed by atoms with Crippen molar-refractivity contribution in [2.45, 2.75) is 6.92 Å². The van der Waals surface area contributed by atoms with Crippen LogP contribution < -0.4 is 9.64 Å². The van der Waals surface area contributed by atoms with Gasteiger partial charge in [-0.15, -0.1) is 0 Å². The van der Waals surface area contributed by atoms with Crippen LogP contribution in [0.25, 0.3) is 0 Å². The predicted octanol–water partition coefficient (Wildman–Crippen LogP) is 3.22. The lowest BCUT2D eigenvalue weighted by Crippen LogP contribution is -2.49. The summed E-state index contributed by atoms with van der Waals surface area (Å²) in [5, 5.41) is 10.6. The molecule has 130 valence electrons. The number of ether oxygens (including phenoxy) is 1. The van der Waals surface area contributed by atoms with Gasteiger partial charge < -0.3 is 14.5 Å². The van der Waals surface area contributed by atoms with Gasteiger partial charge in [-0.1, -0.05) is 17.7 Å². The zero-order chi connectivity index (χ0) is 17.8. The van der Waals surface area contributed by atoms with E-state index in [0.29, 0.717) is 18.8 Å². The predicted molar refractivity (Wildman–Crippen MR) is 94.1 cm³/mol. The number of carbonyl (C=O) groups excluding carboxylic acids is 1. The Kier molecular flexibility index (Phi) is 4.83. The van der Waals surface area contributed by atoms with Crippen LogP contribution >= 0.6 is 0 Å². The lowest BCUT2D eigenvalue weighted by atomic mass is 10.2. The molecule has 0 unspecified atom stereocenters. The minimum Gasteiger partial charge on any atom is -0.410 e. The summed E-state index contributed by atoms with van der Waals surface area (Å²) in [4.78, 5) is 26.2. The first-order valence-electron chi connectivity index (χ1n) is 8.06. The van der Waals surface area contributed by atoms with E-state index >= 15 is 0 Å². The largest absolute Gasteiger partial charge is 0.415 e. The standard InChI is InChI=1S/C18H19N3O4/c1-14-2-4-15(5-3-14)19-10-12-20(13-11-19)18(22)25-17-8-6-16(7-9-17)21(23)24/h2-9H,10-13H2,1H3. The van der Waals surface area contributed by atoms with Crippen LogP contribution in [0.4, 0.5) is 16.2 Å². The quantitative estimate of drug-likeness (QED) is 0.633. The second-order valence-electron chi connectivity index (χ2n) is 5.93. The van der Waals surface area contributed by atoms with Gasteiger partial charge in [0.1, 0.15) is 5.75 Å². The van der Waals surface area contributed by atoms with Crippen LogP contribution in [-0.4, -0.2) is 42.1 Å². The molecule has 2 aromatic carbocycles. The zero-order valence-electron chi connectivity index (χ0n) is 13.9. The van der Waals surface area contributed by atoms with Gasteiger partial charge in [0.15, 0.2) is 0 Å². The molecule has 0 aliphatic carbocycles. The van der Waals surface area contributed by atoms with Crippen molar-refractivity contribution in [1.29, 1.82) is 0 Å². The maximum atomic E-state index is 12.2. The van der Waals surface area contributed by atoms with Crippen LogP contribution in [0, 0.1) is 17.0 Å². The third-order valence-electron chi connectivity index (χ3n) is 4.19. The van der Waals surface area contributed by atoms with Crippen molar-refractivity contribution in [1.82, 2.24) is 4.90 Å². The number of nitro groups is 1. The Labute approximate surface area is 145 Å². The highest BCUT2D eigenvalue weighted by Gasteiger charge is 2.23. The topological polar surface area (TPSA) is 75.9 Å². The van der Waals surface area contributed by atoms with E-state index in [4.69, 9.17) is 4.74 Å². The van der Waals surface area contributed by atoms with Gasteiger partial charge in [0, 0.05) is 44.0 Å². The maximum absolute atomic E-state index is 12.2. The number of carbonyl (C=O) groups is 1. The molecule has 0 spiro atoms. The number of piperazine rings is 1. The van der Waals surface area contributed by atoms with Gasteiger partial charge in [-0.05, 0) is 31.2 Å². The summed E-state index contributed by atoms with van der Waals surface area (Å²) >= 11 is 0. The molecule has 25 heavy (non-hydrogen) atoms. The highest BCUT2D eigenvalue weighted by atomic mass is 16.6. The SMILES string of the molecule is Cc1ccc(N2CCN(C(=O)Oc3ccc([N+](=O)[O-])cc3)CC2)cc1. The number of rotatable bonds is 3. The molecule has 0 radical (unpaired) electrons. The van der Waals surface area contributed by atoms with Crippen molar-refractivity contribution in [2.24, 2.45) is 0 Å². The molecule has 1 aliphatic rings. The van der Waals surface area contributed by atoms with Crippen LogP contribution in [0.3, 0.4) is 0 Å². The van der Waals surface area contributed by atoms with E-state index in [2.05, 4.69) is 36.1 Å². The molecule has 0 bridgehead atoms. The van der Waals surface area contributed by atoms with Crippen LogP contribution in [0.1, 0.15) is 5.56 Å². The van der Waals surface area contributed by atoms with Crippen LogP contribution in [0.15, 0.2) is 48.5 Å². The second kappa shape index (κ2) is 7.21. The first kappa shape index (κ1) is 16.8. The molecular weight excluding hydrogens is 322 g/mol. The number of nitro benzene ring substituents is 1. The first-order valence-corrected chi connectivity index (χ1v) is 8.06.